The summed E-state index contributed by atoms with van der Waals surface area (Å²) < 4.78 is 5.22. The molecule has 0 atom stereocenters. The molecule has 2 heterocycles. The van der Waals surface area contributed by atoms with Gasteiger partial charge in [-0.15, -0.1) is 0 Å². The number of nitrogens with one attached hydrogen (secondary N) is 1. The van der Waals surface area contributed by atoms with Crippen LogP contribution in [0, 0.1) is 6.92 Å². The van der Waals surface area contributed by atoms with Crippen LogP contribution in [0.25, 0.3) is 0 Å². The van der Waals surface area contributed by atoms with E-state index in [1.165, 1.54) is 11.8 Å². The molecule has 0 unspecified atom stereocenters. The summed E-state index contributed by atoms with van der Waals surface area (Å²) in [4.78, 5) is 12.6. The van der Waals surface area contributed by atoms with Crippen LogP contribution < -0.4 is 5.32 Å². The number of nitrogens with zero attached hydrogens (tertiary/aromatic N) is 3. The van der Waals surface area contributed by atoms with Gasteiger partial charge in [0.25, 0.3) is 5.22 Å². The first-order valence-electron chi connectivity index (χ1n) is 4.81. The molecule has 0 bridgehead atoms. The van der Waals surface area contributed by atoms with Crippen LogP contribution in [0.15, 0.2) is 28.3 Å². The van der Waals surface area contributed by atoms with Crippen LogP contribution in [0.5, 0.6) is 0 Å². The number of rotatable bonds is 4. The molecule has 2 rings (SSSR count). The van der Waals surface area contributed by atoms with Crippen LogP contribution in [0.3, 0.4) is 0 Å². The minimum absolute atomic E-state index is 0.664. The van der Waals surface area contributed by atoms with Crippen molar-refractivity contribution in [2.75, 3.05) is 12.4 Å². The van der Waals surface area contributed by atoms with Crippen LogP contribution in [0.4, 0.5) is 5.82 Å². The van der Waals surface area contributed by atoms with E-state index < -0.39 is 0 Å². The Morgan fingerprint density at radius 2 is 2.25 bits per heavy atom. The summed E-state index contributed by atoms with van der Waals surface area (Å²) >= 11 is 1.51. The molecule has 0 saturated carbocycles. The molecule has 6 heteroatoms. The van der Waals surface area contributed by atoms with E-state index in [1.807, 2.05) is 14.0 Å². The van der Waals surface area contributed by atoms with Gasteiger partial charge in [-0.1, -0.05) is 11.8 Å². The molecule has 0 saturated heterocycles. The predicted molar refractivity (Wildman–Crippen MR) is 62.4 cm³/mol. The van der Waals surface area contributed by atoms with Gasteiger partial charge >= 0.3 is 0 Å². The maximum Gasteiger partial charge on any atom is 0.256 e. The Balaban J connectivity index is 1.94. The Labute approximate surface area is 97.7 Å². The van der Waals surface area contributed by atoms with Crippen molar-refractivity contribution in [3.63, 3.8) is 0 Å². The van der Waals surface area contributed by atoms with Gasteiger partial charge in [0, 0.05) is 12.8 Å². The molecular formula is C10H12N4OS. The molecule has 0 amide bonds. The summed E-state index contributed by atoms with van der Waals surface area (Å²) in [6, 6.07) is 0. The van der Waals surface area contributed by atoms with E-state index in [2.05, 4.69) is 20.3 Å². The molecule has 1 N–H and O–H groups in total. The molecule has 0 fully saturated rings. The van der Waals surface area contributed by atoms with E-state index in [9.17, 15) is 0 Å². The quantitative estimate of drug-likeness (QED) is 0.820. The lowest BCUT2D eigenvalue weighted by Crippen LogP contribution is -1.95. The number of thioether (sulfide) groups is 1. The first kappa shape index (κ1) is 10.9. The van der Waals surface area contributed by atoms with Crippen LogP contribution in [0.2, 0.25) is 0 Å². The first-order chi connectivity index (χ1) is 7.78. The largest absolute Gasteiger partial charge is 0.440 e. The van der Waals surface area contributed by atoms with Gasteiger partial charge in [-0.05, 0) is 6.92 Å². The van der Waals surface area contributed by atoms with Gasteiger partial charge in [-0.3, -0.25) is 4.98 Å². The normalized spacial score (nSPS) is 10.4. The van der Waals surface area contributed by atoms with E-state index in [1.54, 1.807) is 18.7 Å². The van der Waals surface area contributed by atoms with Crippen molar-refractivity contribution in [3.05, 3.63) is 30.0 Å². The van der Waals surface area contributed by atoms with Gasteiger partial charge in [-0.25, -0.2) is 9.97 Å². The third-order valence-corrected chi connectivity index (χ3v) is 2.78. The van der Waals surface area contributed by atoms with Crippen molar-refractivity contribution in [1.82, 2.24) is 15.0 Å². The van der Waals surface area contributed by atoms with E-state index in [-0.39, 0.29) is 0 Å². The third kappa shape index (κ3) is 2.73. The van der Waals surface area contributed by atoms with Gasteiger partial charge in [0.1, 0.15) is 12.1 Å². The lowest BCUT2D eigenvalue weighted by Gasteiger charge is -1.99. The topological polar surface area (TPSA) is 63.8 Å². The van der Waals surface area contributed by atoms with Crippen molar-refractivity contribution in [1.29, 1.82) is 0 Å². The van der Waals surface area contributed by atoms with E-state index in [0.717, 1.165) is 17.2 Å². The molecule has 0 aliphatic heterocycles. The van der Waals surface area contributed by atoms with Crippen molar-refractivity contribution in [2.24, 2.45) is 0 Å². The number of hydrogen-bond donors (Lipinski definition) is 1. The zero-order valence-corrected chi connectivity index (χ0v) is 9.91. The Kier molecular flexibility index (Phi) is 3.40. The maximum absolute atomic E-state index is 5.22. The maximum atomic E-state index is 5.22. The van der Waals surface area contributed by atoms with Gasteiger partial charge in [0.05, 0.1) is 23.8 Å². The van der Waals surface area contributed by atoms with E-state index in [4.69, 9.17) is 4.42 Å². The highest BCUT2D eigenvalue weighted by atomic mass is 32.2. The second-order valence-electron chi connectivity index (χ2n) is 3.19. The molecule has 84 valence electrons. The molecule has 5 nitrogen and oxygen atoms in total. The minimum atomic E-state index is 0.664. The summed E-state index contributed by atoms with van der Waals surface area (Å²) in [5.74, 6) is 1.47. The fourth-order valence-corrected chi connectivity index (χ4v) is 1.84. The third-order valence-electron chi connectivity index (χ3n) is 1.90. The van der Waals surface area contributed by atoms with E-state index in [0.29, 0.717) is 11.0 Å². The van der Waals surface area contributed by atoms with E-state index >= 15 is 0 Å². The lowest BCUT2D eigenvalue weighted by atomic mass is 10.5. The second-order valence-corrected chi connectivity index (χ2v) is 4.11. The van der Waals surface area contributed by atoms with Crippen molar-refractivity contribution < 1.29 is 4.42 Å². The molecule has 2 aromatic rings. The average molecular weight is 236 g/mol. The molecule has 0 aliphatic rings. The van der Waals surface area contributed by atoms with Crippen LogP contribution in [0.1, 0.15) is 11.4 Å². The van der Waals surface area contributed by atoms with Crippen molar-refractivity contribution in [3.8, 4) is 0 Å². The first-order valence-corrected chi connectivity index (χ1v) is 5.80. The smallest absolute Gasteiger partial charge is 0.256 e. The molecule has 0 spiro atoms. The standard InChI is InChI=1S/C10H12N4OS/c1-7-5-15-10(14-7)16-6-8-3-13-9(11-2)4-12-8/h3-5H,6H2,1-2H3,(H,11,13). The molecular weight excluding hydrogens is 224 g/mol. The van der Waals surface area contributed by atoms with Crippen LogP contribution >= 0.6 is 11.8 Å². The minimum Gasteiger partial charge on any atom is -0.440 e. The molecule has 0 aromatic carbocycles. The van der Waals surface area contributed by atoms with Gasteiger partial charge in [0.15, 0.2) is 0 Å². The van der Waals surface area contributed by atoms with Gasteiger partial charge in [0.2, 0.25) is 0 Å². The molecule has 0 radical (unpaired) electrons. The molecule has 2 aromatic heterocycles. The summed E-state index contributed by atoms with van der Waals surface area (Å²) in [7, 11) is 1.81. The van der Waals surface area contributed by atoms with Crippen LogP contribution in [-0.4, -0.2) is 22.0 Å². The molecule has 0 aliphatic carbocycles. The Bertz CT molecular complexity index is 454. The second kappa shape index (κ2) is 4.98. The summed E-state index contributed by atoms with van der Waals surface area (Å²) in [6.07, 6.45) is 5.09. The number of aromatic nitrogens is 3. The zero-order valence-electron chi connectivity index (χ0n) is 9.10. The SMILES string of the molecule is CNc1cnc(CSc2nc(C)co2)cn1. The van der Waals surface area contributed by atoms with Crippen LogP contribution in [-0.2, 0) is 5.75 Å². The summed E-state index contributed by atoms with van der Waals surface area (Å²) in [5.41, 5.74) is 1.79. The van der Waals surface area contributed by atoms with Crippen molar-refractivity contribution in [2.45, 2.75) is 17.9 Å². The fourth-order valence-electron chi connectivity index (χ4n) is 1.09. The molecule has 16 heavy (non-hydrogen) atoms. The Morgan fingerprint density at radius 1 is 1.38 bits per heavy atom. The number of aryl methyl sites for hydroxylation is 1. The highest BCUT2D eigenvalue weighted by Gasteiger charge is 2.03. The highest BCUT2D eigenvalue weighted by molar-refractivity contribution is 7.98. The Morgan fingerprint density at radius 3 is 2.81 bits per heavy atom. The number of anilines is 1. The van der Waals surface area contributed by atoms with Gasteiger partial charge < -0.3 is 9.73 Å². The summed E-state index contributed by atoms with van der Waals surface area (Å²) in [6.45, 7) is 1.90. The van der Waals surface area contributed by atoms with Crippen molar-refractivity contribution >= 4 is 17.6 Å². The van der Waals surface area contributed by atoms with Gasteiger partial charge in [-0.2, -0.15) is 0 Å². The average Bonchev–Trinajstić information content (AvgIpc) is 2.73. The number of oxazole rings is 1. The predicted octanol–water partition coefficient (Wildman–Crippen LogP) is 2.11. The monoisotopic (exact) mass is 236 g/mol. The Hall–Kier alpha value is -1.56. The highest BCUT2D eigenvalue weighted by Crippen LogP contribution is 2.20. The summed E-state index contributed by atoms with van der Waals surface area (Å²) in [5, 5.41) is 3.58. The lowest BCUT2D eigenvalue weighted by molar-refractivity contribution is 0.454. The zero-order chi connectivity index (χ0) is 11.4. The fraction of sp³-hybridized carbons (Fsp3) is 0.300. The number of hydrogen-bond acceptors (Lipinski definition) is 6.